The van der Waals surface area contributed by atoms with Crippen LogP contribution in [0.25, 0.3) is 0 Å². The van der Waals surface area contributed by atoms with Crippen molar-refractivity contribution in [2.45, 2.75) is 0 Å². The van der Waals surface area contributed by atoms with E-state index in [2.05, 4.69) is 15.9 Å². The first-order chi connectivity index (χ1) is 7.72. The van der Waals surface area contributed by atoms with Crippen molar-refractivity contribution in [3.05, 3.63) is 28.2 Å². The smallest absolute Gasteiger partial charge is 0.107 e. The Morgan fingerprint density at radius 2 is 1.75 bits per heavy atom. The Morgan fingerprint density at radius 3 is 2.25 bits per heavy atom. The van der Waals surface area contributed by atoms with Gasteiger partial charge in [0.2, 0.25) is 0 Å². The van der Waals surface area contributed by atoms with E-state index >= 15 is 0 Å². The maximum absolute atomic E-state index is 8.94. The zero-order valence-electron chi connectivity index (χ0n) is 8.31. The Morgan fingerprint density at radius 1 is 1.12 bits per heavy atom. The van der Waals surface area contributed by atoms with Gasteiger partial charge >= 0.3 is 0 Å². The van der Waals surface area contributed by atoms with Crippen molar-refractivity contribution >= 4 is 21.6 Å². The van der Waals surface area contributed by atoms with Gasteiger partial charge in [-0.25, -0.2) is 0 Å². The molecule has 0 radical (unpaired) electrons. The zero-order valence-corrected chi connectivity index (χ0v) is 9.90. The molecule has 0 aliphatic rings. The largest absolute Gasteiger partial charge is 0.344 e. The number of benzene rings is 1. The van der Waals surface area contributed by atoms with Gasteiger partial charge in [0.25, 0.3) is 0 Å². The van der Waals surface area contributed by atoms with Crippen molar-refractivity contribution in [2.24, 2.45) is 0 Å². The van der Waals surface area contributed by atoms with Crippen molar-refractivity contribution in [3.8, 4) is 18.2 Å². The van der Waals surface area contributed by atoms with Crippen LogP contribution in [0.5, 0.6) is 0 Å². The van der Waals surface area contributed by atoms with Crippen LogP contribution in [0.2, 0.25) is 0 Å². The fourth-order valence-electron chi connectivity index (χ4n) is 1.26. The lowest BCUT2D eigenvalue weighted by Crippen LogP contribution is -2.24. The van der Waals surface area contributed by atoms with Gasteiger partial charge in [-0.1, -0.05) is 15.9 Å². The minimum absolute atomic E-state index is 0.0820. The van der Waals surface area contributed by atoms with E-state index in [0.29, 0.717) is 11.3 Å². The van der Waals surface area contributed by atoms with Gasteiger partial charge in [-0.3, -0.25) is 0 Å². The third kappa shape index (κ3) is 2.73. The molecule has 0 fully saturated rings. The second-order valence-electron chi connectivity index (χ2n) is 2.95. The first-order valence-corrected chi connectivity index (χ1v) is 5.20. The number of nitrogens with zero attached hydrogens (tertiary/aromatic N) is 4. The van der Waals surface area contributed by atoms with Gasteiger partial charge in [0.1, 0.15) is 19.2 Å². The topological polar surface area (TPSA) is 74.6 Å². The van der Waals surface area contributed by atoms with Gasteiger partial charge in [0.15, 0.2) is 0 Å². The Labute approximate surface area is 102 Å². The average Bonchev–Trinajstić information content (AvgIpc) is 2.29. The van der Waals surface area contributed by atoms with Crippen LogP contribution in [0, 0.1) is 34.0 Å². The van der Waals surface area contributed by atoms with E-state index in [0.717, 1.165) is 4.47 Å². The quantitative estimate of drug-likeness (QED) is 0.792. The number of anilines is 1. The van der Waals surface area contributed by atoms with Crippen LogP contribution in [0.15, 0.2) is 22.7 Å². The number of hydrogen-bond acceptors (Lipinski definition) is 4. The van der Waals surface area contributed by atoms with Crippen LogP contribution in [0.3, 0.4) is 0 Å². The molecule has 0 aliphatic heterocycles. The molecule has 1 rings (SSSR count). The lowest BCUT2D eigenvalue weighted by atomic mass is 10.1. The van der Waals surface area contributed by atoms with Crippen LogP contribution >= 0.6 is 15.9 Å². The van der Waals surface area contributed by atoms with Gasteiger partial charge in [-0.2, -0.15) is 15.8 Å². The molecule has 0 bridgehead atoms. The number of hydrogen-bond donors (Lipinski definition) is 0. The summed E-state index contributed by atoms with van der Waals surface area (Å²) in [6.07, 6.45) is 0. The standard InChI is InChI=1S/C11H7BrN4/c12-10-2-1-9(8-15)11(7-10)16(5-3-13)6-4-14/h1-2,7H,5-6H2. The molecule has 1 aromatic rings. The van der Waals surface area contributed by atoms with Crippen LogP contribution in [-0.2, 0) is 0 Å². The van der Waals surface area contributed by atoms with E-state index in [-0.39, 0.29) is 13.1 Å². The van der Waals surface area contributed by atoms with Gasteiger partial charge in [-0.05, 0) is 18.2 Å². The highest BCUT2D eigenvalue weighted by Crippen LogP contribution is 2.24. The molecule has 16 heavy (non-hydrogen) atoms. The van der Waals surface area contributed by atoms with Crippen molar-refractivity contribution in [3.63, 3.8) is 0 Å². The van der Waals surface area contributed by atoms with Crippen molar-refractivity contribution < 1.29 is 0 Å². The molecule has 0 heterocycles. The van der Waals surface area contributed by atoms with E-state index in [1.165, 1.54) is 0 Å². The molecule has 0 aliphatic carbocycles. The van der Waals surface area contributed by atoms with Gasteiger partial charge in [0.05, 0.1) is 23.4 Å². The van der Waals surface area contributed by atoms with Crippen molar-refractivity contribution in [1.29, 1.82) is 15.8 Å². The molecule has 0 amide bonds. The number of rotatable bonds is 3. The summed E-state index contributed by atoms with van der Waals surface area (Å²) < 4.78 is 0.808. The van der Waals surface area contributed by atoms with E-state index in [9.17, 15) is 0 Å². The van der Waals surface area contributed by atoms with Crippen LogP contribution < -0.4 is 4.90 Å². The summed E-state index contributed by atoms with van der Waals surface area (Å²) in [5.41, 5.74) is 1.05. The lowest BCUT2D eigenvalue weighted by molar-refractivity contribution is 0.963. The molecule has 0 unspecified atom stereocenters. The van der Waals surface area contributed by atoms with Crippen molar-refractivity contribution in [2.75, 3.05) is 18.0 Å². The fraction of sp³-hybridized carbons (Fsp3) is 0.182. The maximum Gasteiger partial charge on any atom is 0.107 e. The summed E-state index contributed by atoms with van der Waals surface area (Å²) in [4.78, 5) is 1.56. The predicted octanol–water partition coefficient (Wildman–Crippen LogP) is 2.17. The number of nitriles is 3. The SMILES string of the molecule is N#CCN(CC#N)c1cc(Br)ccc1C#N. The van der Waals surface area contributed by atoms with Gasteiger partial charge in [0, 0.05) is 4.47 Å². The highest BCUT2D eigenvalue weighted by molar-refractivity contribution is 9.10. The highest BCUT2D eigenvalue weighted by Gasteiger charge is 2.11. The van der Waals surface area contributed by atoms with E-state index in [1.807, 2.05) is 18.2 Å². The summed E-state index contributed by atoms with van der Waals surface area (Å²) in [7, 11) is 0. The number of halogens is 1. The Bertz CT molecular complexity index is 488. The van der Waals surface area contributed by atoms with Crippen LogP contribution in [0.4, 0.5) is 5.69 Å². The molecule has 0 spiro atoms. The van der Waals surface area contributed by atoms with E-state index < -0.39 is 0 Å². The Kier molecular flexibility index (Phi) is 4.33. The summed E-state index contributed by atoms with van der Waals surface area (Å²) >= 11 is 3.29. The molecule has 5 heteroatoms. The second-order valence-corrected chi connectivity index (χ2v) is 3.86. The van der Waals surface area contributed by atoms with Crippen LogP contribution in [-0.4, -0.2) is 13.1 Å². The third-order valence-corrected chi connectivity index (χ3v) is 2.44. The summed E-state index contributed by atoms with van der Waals surface area (Å²) in [6, 6.07) is 11.1. The predicted molar refractivity (Wildman–Crippen MR) is 62.3 cm³/mol. The molecule has 0 saturated carbocycles. The highest BCUT2D eigenvalue weighted by atomic mass is 79.9. The van der Waals surface area contributed by atoms with Crippen LogP contribution in [0.1, 0.15) is 5.56 Å². The third-order valence-electron chi connectivity index (χ3n) is 1.94. The normalized spacial score (nSPS) is 8.62. The second kappa shape index (κ2) is 5.75. The average molecular weight is 275 g/mol. The summed E-state index contributed by atoms with van der Waals surface area (Å²) in [6.45, 7) is 0.164. The monoisotopic (exact) mass is 274 g/mol. The van der Waals surface area contributed by atoms with Gasteiger partial charge in [-0.15, -0.1) is 0 Å². The molecule has 0 saturated heterocycles. The Balaban J connectivity index is 3.18. The Hall–Kier alpha value is -2.03. The molecule has 0 aromatic heterocycles. The summed E-state index contributed by atoms with van der Waals surface area (Å²) in [5.74, 6) is 0. The van der Waals surface area contributed by atoms with E-state index in [1.54, 1.807) is 23.1 Å². The molecule has 0 atom stereocenters. The molecule has 78 valence electrons. The maximum atomic E-state index is 8.94. The molecule has 1 aromatic carbocycles. The minimum Gasteiger partial charge on any atom is -0.344 e. The van der Waals surface area contributed by atoms with Gasteiger partial charge < -0.3 is 4.90 Å². The minimum atomic E-state index is 0.0820. The lowest BCUT2D eigenvalue weighted by Gasteiger charge is -2.19. The first-order valence-electron chi connectivity index (χ1n) is 4.41. The molecular formula is C11H7BrN4. The zero-order chi connectivity index (χ0) is 12.0. The summed E-state index contributed by atoms with van der Waals surface area (Å²) in [5, 5.41) is 26.3. The molecule has 0 N–H and O–H groups in total. The van der Waals surface area contributed by atoms with E-state index in [4.69, 9.17) is 15.8 Å². The first kappa shape index (κ1) is 12.0. The molecule has 4 nitrogen and oxygen atoms in total. The van der Waals surface area contributed by atoms with Crippen molar-refractivity contribution in [1.82, 2.24) is 0 Å². The fourth-order valence-corrected chi connectivity index (χ4v) is 1.61. The molecular weight excluding hydrogens is 268 g/mol.